The summed E-state index contributed by atoms with van der Waals surface area (Å²) < 4.78 is 73.2. The topological polar surface area (TPSA) is 75.7 Å². The molecule has 1 aromatic carbocycles. The largest absolute Gasteiger partial charge is 0.492 e. The number of rotatable bonds is 10. The number of amides is 1. The molecular formula is C20H27F3N2O4S. The van der Waals surface area contributed by atoms with Crippen LogP contribution in [0.2, 0.25) is 0 Å². The van der Waals surface area contributed by atoms with Crippen LogP contribution in [0.1, 0.15) is 55.5 Å². The number of hydrogen-bond acceptors (Lipinski definition) is 4. The second-order valence-electron chi connectivity index (χ2n) is 7.39. The van der Waals surface area contributed by atoms with Gasteiger partial charge in [-0.25, -0.2) is 4.72 Å². The van der Waals surface area contributed by atoms with Gasteiger partial charge >= 0.3 is 16.4 Å². The van der Waals surface area contributed by atoms with E-state index in [1.165, 1.54) is 0 Å². The summed E-state index contributed by atoms with van der Waals surface area (Å²) in [5, 5.41) is 0. The van der Waals surface area contributed by atoms with Crippen LogP contribution in [0.25, 0.3) is 0 Å². The number of hydrogen-bond donors (Lipinski definition) is 1. The molecule has 1 aromatic rings. The van der Waals surface area contributed by atoms with E-state index in [1.807, 2.05) is 13.8 Å². The molecule has 1 heterocycles. The first-order valence-corrected chi connectivity index (χ1v) is 11.2. The maximum atomic E-state index is 13.6. The first kappa shape index (κ1) is 24.2. The Bertz CT molecular complexity index is 877. The molecule has 2 rings (SSSR count). The predicted octanol–water partition coefficient (Wildman–Crippen LogP) is 4.15. The average Bonchev–Trinajstić information content (AvgIpc) is 2.62. The molecule has 0 aromatic heterocycles. The number of nitrogens with zero attached hydrogens (tertiary/aromatic N) is 1. The van der Waals surface area contributed by atoms with E-state index in [0.717, 1.165) is 16.4 Å². The van der Waals surface area contributed by atoms with Crippen LogP contribution in [0, 0.1) is 5.41 Å². The Morgan fingerprint density at radius 3 is 2.37 bits per heavy atom. The maximum Gasteiger partial charge on any atom is 0.419 e. The first-order valence-electron chi connectivity index (χ1n) is 9.75. The van der Waals surface area contributed by atoms with E-state index in [2.05, 4.69) is 6.58 Å². The number of halogens is 3. The van der Waals surface area contributed by atoms with Crippen LogP contribution in [0.3, 0.4) is 0 Å². The smallest absolute Gasteiger partial charge is 0.419 e. The zero-order valence-electron chi connectivity index (χ0n) is 17.1. The van der Waals surface area contributed by atoms with Crippen LogP contribution in [0.5, 0.6) is 5.75 Å². The van der Waals surface area contributed by atoms with E-state index in [-0.39, 0.29) is 25.1 Å². The van der Waals surface area contributed by atoms with Crippen LogP contribution in [-0.4, -0.2) is 38.3 Å². The third kappa shape index (κ3) is 5.54. The molecule has 30 heavy (non-hydrogen) atoms. The van der Waals surface area contributed by atoms with Gasteiger partial charge in [0.2, 0.25) is 0 Å². The summed E-state index contributed by atoms with van der Waals surface area (Å²) in [6.07, 6.45) is -0.398. The molecule has 1 aliphatic heterocycles. The lowest BCUT2D eigenvalue weighted by Gasteiger charge is -2.31. The second-order valence-corrected chi connectivity index (χ2v) is 9.06. The molecule has 1 saturated heterocycles. The van der Waals surface area contributed by atoms with Crippen molar-refractivity contribution in [2.45, 2.75) is 45.7 Å². The molecule has 1 amide bonds. The maximum absolute atomic E-state index is 13.6. The lowest BCUT2D eigenvalue weighted by Crippen LogP contribution is -2.49. The summed E-state index contributed by atoms with van der Waals surface area (Å²) in [6.45, 7) is 8.17. The van der Waals surface area contributed by atoms with Gasteiger partial charge < -0.3 is 4.74 Å². The van der Waals surface area contributed by atoms with Gasteiger partial charge in [-0.05, 0) is 43.9 Å². The normalized spacial score (nSPS) is 15.4. The first-order chi connectivity index (χ1) is 14.0. The second kappa shape index (κ2) is 9.38. The lowest BCUT2D eigenvalue weighted by molar-refractivity contribution is -0.139. The molecule has 1 aliphatic rings. The monoisotopic (exact) mass is 448 g/mol. The fourth-order valence-electron chi connectivity index (χ4n) is 3.13. The van der Waals surface area contributed by atoms with E-state index < -0.39 is 39.2 Å². The van der Waals surface area contributed by atoms with E-state index in [1.54, 1.807) is 10.8 Å². The fraction of sp³-hybridized carbons (Fsp3) is 0.550. The highest BCUT2D eigenvalue weighted by atomic mass is 32.2. The van der Waals surface area contributed by atoms with Gasteiger partial charge in [0, 0.05) is 24.1 Å². The molecule has 1 N–H and O–H groups in total. The molecule has 0 saturated carbocycles. The Morgan fingerprint density at radius 1 is 1.27 bits per heavy atom. The van der Waals surface area contributed by atoms with Crippen LogP contribution in [-0.2, 0) is 16.4 Å². The standard InChI is InChI=1S/C20H27F3N2O4S/c1-4-10-19(5-2,6-3)14-29-17-9-8-15(13-16(17)20(21,22)23)18(26)24-30(27,28)25-11-7-12-25/h4,8-9,13H,1,5-7,10-12,14H2,2-3H3,(H,24,26). The summed E-state index contributed by atoms with van der Waals surface area (Å²) in [6, 6.07) is 2.79. The third-order valence-electron chi connectivity index (χ3n) is 5.53. The van der Waals surface area contributed by atoms with Gasteiger partial charge in [0.05, 0.1) is 12.2 Å². The summed E-state index contributed by atoms with van der Waals surface area (Å²) >= 11 is 0. The molecule has 0 aliphatic carbocycles. The molecule has 0 unspecified atom stereocenters. The Balaban J connectivity index is 2.26. The van der Waals surface area contributed by atoms with Gasteiger partial charge in [0.1, 0.15) is 5.75 Å². The van der Waals surface area contributed by atoms with Gasteiger partial charge in [-0.2, -0.15) is 25.9 Å². The summed E-state index contributed by atoms with van der Waals surface area (Å²) in [5.74, 6) is -1.53. The zero-order valence-corrected chi connectivity index (χ0v) is 17.9. The van der Waals surface area contributed by atoms with Crippen molar-refractivity contribution in [1.29, 1.82) is 0 Å². The summed E-state index contributed by atoms with van der Waals surface area (Å²) in [4.78, 5) is 12.3. The number of carbonyl (C=O) groups excluding carboxylic acids is 1. The quantitative estimate of drug-likeness (QED) is 0.546. The molecular weight excluding hydrogens is 421 g/mol. The number of nitrogens with one attached hydrogen (secondary N) is 1. The Morgan fingerprint density at radius 2 is 1.90 bits per heavy atom. The number of benzene rings is 1. The van der Waals surface area contributed by atoms with Crippen LogP contribution in [0.4, 0.5) is 13.2 Å². The minimum atomic E-state index is -4.78. The van der Waals surface area contributed by atoms with Crippen molar-refractivity contribution in [3.05, 3.63) is 42.0 Å². The van der Waals surface area contributed by atoms with Crippen molar-refractivity contribution in [2.75, 3.05) is 19.7 Å². The highest BCUT2D eigenvalue weighted by Gasteiger charge is 2.37. The minimum Gasteiger partial charge on any atom is -0.492 e. The highest BCUT2D eigenvalue weighted by Crippen LogP contribution is 2.39. The van der Waals surface area contributed by atoms with Crippen molar-refractivity contribution in [3.8, 4) is 5.75 Å². The van der Waals surface area contributed by atoms with Crippen LogP contribution >= 0.6 is 0 Å². The molecule has 0 radical (unpaired) electrons. The van der Waals surface area contributed by atoms with Crippen molar-refractivity contribution in [1.82, 2.24) is 9.03 Å². The van der Waals surface area contributed by atoms with Gasteiger partial charge in [-0.3, -0.25) is 4.79 Å². The van der Waals surface area contributed by atoms with Gasteiger partial charge in [-0.1, -0.05) is 19.9 Å². The van der Waals surface area contributed by atoms with E-state index in [0.29, 0.717) is 31.7 Å². The zero-order chi connectivity index (χ0) is 22.6. The lowest BCUT2D eigenvalue weighted by atomic mass is 9.80. The van der Waals surface area contributed by atoms with Crippen LogP contribution in [0.15, 0.2) is 30.9 Å². The van der Waals surface area contributed by atoms with Crippen molar-refractivity contribution in [3.63, 3.8) is 0 Å². The van der Waals surface area contributed by atoms with Gasteiger partial charge in [-0.15, -0.1) is 6.58 Å². The average molecular weight is 449 g/mol. The predicted molar refractivity (Wildman–Crippen MR) is 107 cm³/mol. The molecule has 0 spiro atoms. The van der Waals surface area contributed by atoms with Crippen molar-refractivity contribution in [2.24, 2.45) is 5.41 Å². The van der Waals surface area contributed by atoms with Crippen molar-refractivity contribution >= 4 is 16.1 Å². The number of ether oxygens (including phenoxy) is 1. The number of allylic oxidation sites excluding steroid dienone is 1. The Hall–Kier alpha value is -2.07. The van der Waals surface area contributed by atoms with E-state index in [9.17, 15) is 26.4 Å². The summed E-state index contributed by atoms with van der Waals surface area (Å²) in [7, 11) is -4.06. The molecule has 10 heteroatoms. The molecule has 1 fully saturated rings. The molecule has 6 nitrogen and oxygen atoms in total. The highest BCUT2D eigenvalue weighted by molar-refractivity contribution is 7.87. The van der Waals surface area contributed by atoms with E-state index in [4.69, 9.17) is 4.74 Å². The molecule has 0 atom stereocenters. The third-order valence-corrected chi connectivity index (χ3v) is 7.02. The number of alkyl halides is 3. The summed E-state index contributed by atoms with van der Waals surface area (Å²) in [5.41, 5.74) is -1.88. The fourth-order valence-corrected chi connectivity index (χ4v) is 4.35. The molecule has 168 valence electrons. The Labute approximate surface area is 175 Å². The van der Waals surface area contributed by atoms with Crippen molar-refractivity contribution < 1.29 is 31.1 Å². The SMILES string of the molecule is C=CCC(CC)(CC)COc1ccc(C(=O)NS(=O)(=O)N2CCC2)cc1C(F)(F)F. The van der Waals surface area contributed by atoms with Gasteiger partial charge in [0.15, 0.2) is 0 Å². The number of carbonyl (C=O) groups is 1. The minimum absolute atomic E-state index is 0.0595. The van der Waals surface area contributed by atoms with Crippen LogP contribution < -0.4 is 9.46 Å². The van der Waals surface area contributed by atoms with Gasteiger partial charge in [0.25, 0.3) is 5.91 Å². The Kier molecular flexibility index (Phi) is 7.57. The van der Waals surface area contributed by atoms with E-state index >= 15 is 0 Å². The molecule has 0 bridgehead atoms.